The van der Waals surface area contributed by atoms with E-state index in [0.29, 0.717) is 0 Å². The molecule has 0 spiro atoms. The lowest BCUT2D eigenvalue weighted by molar-refractivity contribution is 0.669. The zero-order valence-electron chi connectivity index (χ0n) is 26.1. The highest BCUT2D eigenvalue weighted by atomic mass is 16.3. The van der Waals surface area contributed by atoms with Crippen LogP contribution in [0.3, 0.4) is 0 Å². The normalized spacial score (nSPS) is 11.8. The summed E-state index contributed by atoms with van der Waals surface area (Å²) >= 11 is 0. The second-order valence-electron chi connectivity index (χ2n) is 12.5. The van der Waals surface area contributed by atoms with Crippen molar-refractivity contribution in [3.63, 3.8) is 0 Å². The van der Waals surface area contributed by atoms with Gasteiger partial charge in [0, 0.05) is 27.5 Å². The molecule has 0 aliphatic heterocycles. The SMILES string of the molecule is c1ccc(N(c2ccc(-c3cc4ccccc4c4c3ccc3ccccc34)cc2)c2cccc3cc4oc5ccccc5c4cc23)cc1. The van der Waals surface area contributed by atoms with Gasteiger partial charge in [-0.05, 0) is 103 Å². The van der Waals surface area contributed by atoms with Crippen molar-refractivity contribution in [2.24, 2.45) is 0 Å². The third kappa shape index (κ3) is 4.13. The summed E-state index contributed by atoms with van der Waals surface area (Å²) in [5.41, 5.74) is 7.60. The highest BCUT2D eigenvalue weighted by Gasteiger charge is 2.18. The Morgan fingerprint density at radius 3 is 1.83 bits per heavy atom. The molecule has 0 fully saturated rings. The van der Waals surface area contributed by atoms with Crippen LogP contribution in [-0.4, -0.2) is 0 Å². The van der Waals surface area contributed by atoms with E-state index in [9.17, 15) is 0 Å². The minimum absolute atomic E-state index is 0.909. The maximum atomic E-state index is 6.25. The van der Waals surface area contributed by atoms with Gasteiger partial charge in [-0.25, -0.2) is 0 Å². The fraction of sp³-hybridized carbons (Fsp3) is 0. The molecule has 10 rings (SSSR count). The lowest BCUT2D eigenvalue weighted by Crippen LogP contribution is -2.10. The highest BCUT2D eigenvalue weighted by Crippen LogP contribution is 2.43. The number of benzene rings is 9. The fourth-order valence-corrected chi connectivity index (χ4v) is 7.58. The van der Waals surface area contributed by atoms with Gasteiger partial charge in [0.25, 0.3) is 0 Å². The van der Waals surface area contributed by atoms with Crippen molar-refractivity contribution in [3.05, 3.63) is 176 Å². The molecule has 10 aromatic rings. The molecule has 0 aliphatic rings. The summed E-state index contributed by atoms with van der Waals surface area (Å²) in [5.74, 6) is 0. The highest BCUT2D eigenvalue weighted by molar-refractivity contribution is 6.24. The van der Waals surface area contributed by atoms with E-state index in [2.05, 4.69) is 169 Å². The Hall–Kier alpha value is -6.38. The molecular formula is C46H29NO. The fourth-order valence-electron chi connectivity index (χ4n) is 7.58. The van der Waals surface area contributed by atoms with Gasteiger partial charge in [-0.15, -0.1) is 0 Å². The summed E-state index contributed by atoms with van der Waals surface area (Å²) < 4.78 is 6.25. The quantitative estimate of drug-likeness (QED) is 0.184. The Balaban J connectivity index is 1.17. The Kier molecular flexibility index (Phi) is 5.91. The van der Waals surface area contributed by atoms with Crippen molar-refractivity contribution < 1.29 is 4.42 Å². The number of fused-ring (bicyclic) bond motifs is 9. The van der Waals surface area contributed by atoms with Crippen molar-refractivity contribution in [2.75, 3.05) is 4.90 Å². The van der Waals surface area contributed by atoms with E-state index in [1.807, 2.05) is 12.1 Å². The molecule has 0 saturated heterocycles. The van der Waals surface area contributed by atoms with Crippen LogP contribution < -0.4 is 4.90 Å². The largest absolute Gasteiger partial charge is 0.456 e. The zero-order valence-corrected chi connectivity index (χ0v) is 26.1. The van der Waals surface area contributed by atoms with Crippen LogP contribution in [0.1, 0.15) is 0 Å². The van der Waals surface area contributed by atoms with Gasteiger partial charge in [-0.2, -0.15) is 0 Å². The molecule has 0 unspecified atom stereocenters. The zero-order chi connectivity index (χ0) is 31.6. The van der Waals surface area contributed by atoms with Crippen LogP contribution in [0, 0.1) is 0 Å². The van der Waals surface area contributed by atoms with Gasteiger partial charge >= 0.3 is 0 Å². The minimum atomic E-state index is 0.909. The summed E-state index contributed by atoms with van der Waals surface area (Å²) in [6, 6.07) is 63.4. The van der Waals surface area contributed by atoms with Crippen LogP contribution in [-0.2, 0) is 0 Å². The molecule has 0 atom stereocenters. The van der Waals surface area contributed by atoms with Gasteiger partial charge in [0.2, 0.25) is 0 Å². The molecule has 0 N–H and O–H groups in total. The number of anilines is 3. The van der Waals surface area contributed by atoms with Crippen LogP contribution in [0.4, 0.5) is 17.1 Å². The average molecular weight is 612 g/mol. The molecule has 1 heterocycles. The molecule has 9 aromatic carbocycles. The van der Waals surface area contributed by atoms with E-state index in [1.165, 1.54) is 48.8 Å². The second kappa shape index (κ2) is 10.6. The molecule has 0 amide bonds. The first-order chi connectivity index (χ1) is 23.8. The molecule has 1 aromatic heterocycles. The van der Waals surface area contributed by atoms with Crippen LogP contribution in [0.5, 0.6) is 0 Å². The van der Waals surface area contributed by atoms with E-state index in [0.717, 1.165) is 44.4 Å². The summed E-state index contributed by atoms with van der Waals surface area (Å²) in [5, 5.41) is 12.3. The summed E-state index contributed by atoms with van der Waals surface area (Å²) in [4.78, 5) is 2.37. The van der Waals surface area contributed by atoms with E-state index >= 15 is 0 Å². The minimum Gasteiger partial charge on any atom is -0.456 e. The number of hydrogen-bond acceptors (Lipinski definition) is 2. The first-order valence-corrected chi connectivity index (χ1v) is 16.4. The van der Waals surface area contributed by atoms with Crippen molar-refractivity contribution >= 4 is 82.1 Å². The Bertz CT molecular complexity index is 2810. The van der Waals surface area contributed by atoms with Crippen LogP contribution >= 0.6 is 0 Å². The smallest absolute Gasteiger partial charge is 0.136 e. The van der Waals surface area contributed by atoms with Gasteiger partial charge in [0.05, 0.1) is 5.69 Å². The lowest BCUT2D eigenvalue weighted by atomic mass is 9.90. The van der Waals surface area contributed by atoms with E-state index in [-0.39, 0.29) is 0 Å². The summed E-state index contributed by atoms with van der Waals surface area (Å²) in [7, 11) is 0. The maximum Gasteiger partial charge on any atom is 0.136 e. The third-order valence-corrected chi connectivity index (χ3v) is 9.80. The van der Waals surface area contributed by atoms with Gasteiger partial charge in [0.1, 0.15) is 11.2 Å². The van der Waals surface area contributed by atoms with Crippen molar-refractivity contribution in [3.8, 4) is 11.1 Å². The van der Waals surface area contributed by atoms with Crippen molar-refractivity contribution in [1.29, 1.82) is 0 Å². The Morgan fingerprint density at radius 2 is 1.00 bits per heavy atom. The van der Waals surface area contributed by atoms with E-state index in [4.69, 9.17) is 4.42 Å². The number of hydrogen-bond donors (Lipinski definition) is 0. The molecular weight excluding hydrogens is 583 g/mol. The first-order valence-electron chi connectivity index (χ1n) is 16.4. The topological polar surface area (TPSA) is 16.4 Å². The lowest BCUT2D eigenvalue weighted by Gasteiger charge is -2.27. The molecule has 0 saturated carbocycles. The van der Waals surface area contributed by atoms with Crippen LogP contribution in [0.25, 0.3) is 76.2 Å². The summed E-state index contributed by atoms with van der Waals surface area (Å²) in [6.45, 7) is 0. The standard InChI is InChI=1S/C46H29NO/c1-2-14-34(15-3-1)47(43-19-10-13-33-28-45-42(29-41(33)43)38-18-8-9-20-44(38)48-45)35-24-21-31(22-25-35)40-27-32-12-5-7-17-37(32)46-36-16-6-4-11-30(36)23-26-39(40)46/h1-29H. The molecule has 224 valence electrons. The molecule has 2 nitrogen and oxygen atoms in total. The molecule has 48 heavy (non-hydrogen) atoms. The first kappa shape index (κ1) is 26.8. The van der Waals surface area contributed by atoms with Gasteiger partial charge in [0.15, 0.2) is 0 Å². The predicted octanol–water partition coefficient (Wildman–Crippen LogP) is 13.3. The van der Waals surface area contributed by atoms with E-state index < -0.39 is 0 Å². The van der Waals surface area contributed by atoms with Crippen LogP contribution in [0.2, 0.25) is 0 Å². The Morgan fingerprint density at radius 1 is 0.354 bits per heavy atom. The second-order valence-corrected chi connectivity index (χ2v) is 12.5. The number of para-hydroxylation sites is 2. The maximum absolute atomic E-state index is 6.25. The van der Waals surface area contributed by atoms with Crippen LogP contribution in [0.15, 0.2) is 180 Å². The van der Waals surface area contributed by atoms with E-state index in [1.54, 1.807) is 0 Å². The monoisotopic (exact) mass is 611 g/mol. The molecule has 0 aliphatic carbocycles. The number of rotatable bonds is 4. The molecule has 2 heteroatoms. The number of nitrogens with zero attached hydrogens (tertiary/aromatic N) is 1. The predicted molar refractivity (Wildman–Crippen MR) is 204 cm³/mol. The third-order valence-electron chi connectivity index (χ3n) is 9.80. The average Bonchev–Trinajstić information content (AvgIpc) is 3.52. The number of furan rings is 1. The van der Waals surface area contributed by atoms with Gasteiger partial charge < -0.3 is 9.32 Å². The molecule has 0 radical (unpaired) electrons. The van der Waals surface area contributed by atoms with Gasteiger partial charge in [-0.3, -0.25) is 0 Å². The Labute approximate surface area is 277 Å². The van der Waals surface area contributed by atoms with Crippen molar-refractivity contribution in [1.82, 2.24) is 0 Å². The van der Waals surface area contributed by atoms with Crippen molar-refractivity contribution in [2.45, 2.75) is 0 Å². The molecule has 0 bridgehead atoms. The van der Waals surface area contributed by atoms with Gasteiger partial charge in [-0.1, -0.05) is 121 Å². The summed E-state index contributed by atoms with van der Waals surface area (Å²) in [6.07, 6.45) is 0.